The van der Waals surface area contributed by atoms with Crippen LogP contribution in [-0.4, -0.2) is 10.7 Å². The second kappa shape index (κ2) is 7.38. The van der Waals surface area contributed by atoms with Gasteiger partial charge in [0.1, 0.15) is 12.4 Å². The normalized spacial score (nSPS) is 11.0. The van der Waals surface area contributed by atoms with Crippen molar-refractivity contribution in [2.24, 2.45) is 7.05 Å². The Bertz CT molecular complexity index is 652. The van der Waals surface area contributed by atoms with Crippen LogP contribution in [0.5, 0.6) is 0 Å². The van der Waals surface area contributed by atoms with Gasteiger partial charge >= 0.3 is 0 Å². The summed E-state index contributed by atoms with van der Waals surface area (Å²) < 4.78 is 4.36. The van der Waals surface area contributed by atoms with Crippen LogP contribution in [0.4, 0.5) is 0 Å². The van der Waals surface area contributed by atoms with Crippen molar-refractivity contribution < 1.29 is 4.57 Å². The van der Waals surface area contributed by atoms with E-state index < -0.39 is 0 Å². The zero-order valence-electron chi connectivity index (χ0n) is 13.0. The molecule has 0 N–H and O–H groups in total. The van der Waals surface area contributed by atoms with E-state index >= 15 is 0 Å². The van der Waals surface area contributed by atoms with Crippen LogP contribution in [0.15, 0.2) is 79.4 Å². The van der Waals surface area contributed by atoms with Gasteiger partial charge in [0.15, 0.2) is 0 Å². The monoisotopic (exact) mass is 309 g/mol. The Kier molecular flexibility index (Phi) is 5.03. The Morgan fingerprint density at radius 2 is 1.50 bits per heavy atom. The largest absolute Gasteiger partial charge is 0.243 e. The van der Waals surface area contributed by atoms with Crippen molar-refractivity contribution in [3.05, 3.63) is 79.4 Å². The molecule has 0 fully saturated rings. The molecule has 0 spiro atoms. The molecule has 22 heavy (non-hydrogen) atoms. The fraction of sp³-hybridized carbons (Fsp3) is 0.211. The van der Waals surface area contributed by atoms with Crippen molar-refractivity contribution in [1.29, 1.82) is 0 Å². The van der Waals surface area contributed by atoms with Gasteiger partial charge < -0.3 is 0 Å². The zero-order chi connectivity index (χ0) is 15.2. The van der Waals surface area contributed by atoms with Gasteiger partial charge in [-0.1, -0.05) is 60.7 Å². The van der Waals surface area contributed by atoms with E-state index in [2.05, 4.69) is 95.6 Å². The van der Waals surface area contributed by atoms with E-state index in [1.165, 1.54) is 23.2 Å². The lowest BCUT2D eigenvalue weighted by Gasteiger charge is -2.18. The molecule has 3 aromatic rings. The summed E-state index contributed by atoms with van der Waals surface area (Å²) in [5.74, 6) is 0. The minimum atomic E-state index is -0.260. The van der Waals surface area contributed by atoms with Gasteiger partial charge in [-0.2, -0.15) is 0 Å². The van der Waals surface area contributed by atoms with Gasteiger partial charge in [-0.15, -0.1) is 0 Å². The maximum atomic E-state index is 2.27. The molecular weight excluding hydrogens is 287 g/mol. The van der Waals surface area contributed by atoms with Crippen LogP contribution in [0.3, 0.4) is 0 Å². The van der Waals surface area contributed by atoms with Crippen molar-refractivity contribution in [1.82, 2.24) is 4.57 Å². The highest BCUT2D eigenvalue weighted by molar-refractivity contribution is 7.73. The smallest absolute Gasteiger partial charge is 0.240 e. The number of hydrogen-bond donors (Lipinski definition) is 0. The predicted octanol–water partition coefficient (Wildman–Crippen LogP) is 2.84. The van der Waals surface area contributed by atoms with E-state index in [4.69, 9.17) is 0 Å². The predicted molar refractivity (Wildman–Crippen MR) is 94.2 cm³/mol. The Labute approximate surface area is 133 Å². The number of imidazole rings is 1. The van der Waals surface area contributed by atoms with Gasteiger partial charge in [0, 0.05) is 0 Å². The fourth-order valence-electron chi connectivity index (χ4n) is 2.67. The summed E-state index contributed by atoms with van der Waals surface area (Å²) in [6.07, 6.45) is 8.81. The number of benzene rings is 2. The molecule has 3 heteroatoms. The molecule has 0 saturated heterocycles. The van der Waals surface area contributed by atoms with Crippen molar-refractivity contribution in [2.45, 2.75) is 13.0 Å². The van der Waals surface area contributed by atoms with Gasteiger partial charge in [-0.3, -0.25) is 0 Å². The average Bonchev–Trinajstić information content (AvgIpc) is 2.99. The Morgan fingerprint density at radius 1 is 0.909 bits per heavy atom. The molecule has 0 atom stereocenters. The minimum absolute atomic E-state index is 0.260. The zero-order valence-corrected chi connectivity index (χ0v) is 13.9. The van der Waals surface area contributed by atoms with E-state index in [0.717, 1.165) is 6.54 Å². The molecule has 0 radical (unpaired) electrons. The summed E-state index contributed by atoms with van der Waals surface area (Å²) in [4.78, 5) is 0. The fourth-order valence-corrected chi connectivity index (χ4v) is 5.00. The molecule has 0 aliphatic heterocycles. The van der Waals surface area contributed by atoms with E-state index in [1.54, 1.807) is 0 Å². The molecule has 3 rings (SSSR count). The van der Waals surface area contributed by atoms with Crippen LogP contribution in [0, 0.1) is 0 Å². The topological polar surface area (TPSA) is 8.81 Å². The first kappa shape index (κ1) is 15.0. The number of rotatable bonds is 6. The molecule has 0 aliphatic rings. The van der Waals surface area contributed by atoms with Crippen molar-refractivity contribution >= 4 is 18.5 Å². The molecule has 0 bridgehead atoms. The second-order valence-electron chi connectivity index (χ2n) is 5.49. The standard InChI is InChI=1S/C19H22N2P/c1-20-14-15-21(17-20)13-8-16-22(18-9-4-2-5-10-18)19-11-6-3-7-12-19/h2-7,9-12,14-15,17H,8,13,16H2,1H3/q+1. The lowest BCUT2D eigenvalue weighted by molar-refractivity contribution is -0.671. The van der Waals surface area contributed by atoms with E-state index in [-0.39, 0.29) is 7.92 Å². The number of hydrogen-bond acceptors (Lipinski definition) is 0. The molecule has 0 amide bonds. The first-order valence-corrected chi connectivity index (χ1v) is 9.24. The summed E-state index contributed by atoms with van der Waals surface area (Å²) in [5, 5.41) is 2.95. The summed E-state index contributed by atoms with van der Waals surface area (Å²) in [6.45, 7) is 1.08. The van der Waals surface area contributed by atoms with Crippen molar-refractivity contribution in [3.8, 4) is 0 Å². The lowest BCUT2D eigenvalue weighted by Crippen LogP contribution is -2.23. The molecule has 2 nitrogen and oxygen atoms in total. The lowest BCUT2D eigenvalue weighted by atomic mass is 10.4. The van der Waals surface area contributed by atoms with Gasteiger partial charge in [0.25, 0.3) is 0 Å². The summed E-state index contributed by atoms with van der Waals surface area (Å²) >= 11 is 0. The Morgan fingerprint density at radius 3 is 2.00 bits per heavy atom. The van der Waals surface area contributed by atoms with Crippen LogP contribution in [0.1, 0.15) is 6.42 Å². The van der Waals surface area contributed by atoms with Crippen LogP contribution in [0.2, 0.25) is 0 Å². The van der Waals surface area contributed by atoms with Crippen molar-refractivity contribution in [3.63, 3.8) is 0 Å². The van der Waals surface area contributed by atoms with Gasteiger partial charge in [0.2, 0.25) is 6.33 Å². The van der Waals surface area contributed by atoms with Crippen LogP contribution >= 0.6 is 7.92 Å². The molecule has 0 unspecified atom stereocenters. The van der Waals surface area contributed by atoms with Gasteiger partial charge in [-0.05, 0) is 31.1 Å². The van der Waals surface area contributed by atoms with Crippen molar-refractivity contribution in [2.75, 3.05) is 6.16 Å². The highest BCUT2D eigenvalue weighted by Crippen LogP contribution is 2.34. The Hall–Kier alpha value is -1.92. The average molecular weight is 309 g/mol. The van der Waals surface area contributed by atoms with Crippen LogP contribution < -0.4 is 15.2 Å². The second-order valence-corrected chi connectivity index (χ2v) is 7.83. The number of aryl methyl sites for hydroxylation is 2. The minimum Gasteiger partial charge on any atom is -0.240 e. The highest BCUT2D eigenvalue weighted by atomic mass is 31.1. The molecule has 0 aliphatic carbocycles. The Balaban J connectivity index is 1.72. The maximum absolute atomic E-state index is 2.27. The van der Waals surface area contributed by atoms with Gasteiger partial charge in [0.05, 0.1) is 13.6 Å². The maximum Gasteiger partial charge on any atom is 0.243 e. The summed E-state index contributed by atoms with van der Waals surface area (Å²) in [7, 11) is 1.81. The summed E-state index contributed by atoms with van der Waals surface area (Å²) in [5.41, 5.74) is 0. The van der Waals surface area contributed by atoms with E-state index in [1.807, 2.05) is 0 Å². The number of aromatic nitrogens is 2. The third-order valence-corrected chi connectivity index (χ3v) is 6.36. The molecule has 1 heterocycles. The molecule has 0 saturated carbocycles. The first-order valence-electron chi connectivity index (χ1n) is 7.71. The third-order valence-electron chi connectivity index (χ3n) is 3.76. The molecule has 112 valence electrons. The van der Waals surface area contributed by atoms with E-state index in [9.17, 15) is 0 Å². The SMILES string of the molecule is C[n+]1ccn(CCCP(c2ccccc2)c2ccccc2)c1. The van der Waals surface area contributed by atoms with Crippen LogP contribution in [0.25, 0.3) is 0 Å². The highest BCUT2D eigenvalue weighted by Gasteiger charge is 2.13. The number of nitrogens with zero attached hydrogens (tertiary/aromatic N) is 2. The van der Waals surface area contributed by atoms with E-state index in [0.29, 0.717) is 0 Å². The molecule has 2 aromatic carbocycles. The molecule has 1 aromatic heterocycles. The van der Waals surface area contributed by atoms with Gasteiger partial charge in [-0.25, -0.2) is 9.13 Å². The summed E-state index contributed by atoms with van der Waals surface area (Å²) in [6, 6.07) is 21.9. The third kappa shape index (κ3) is 3.84. The quantitative estimate of drug-likeness (QED) is 0.489. The van der Waals surface area contributed by atoms with Crippen LogP contribution in [-0.2, 0) is 13.6 Å². The first-order chi connectivity index (χ1) is 10.8. The molecular formula is C19H22N2P+.